The second-order valence-corrected chi connectivity index (χ2v) is 24.1. The van der Waals surface area contributed by atoms with E-state index in [9.17, 15) is 28.9 Å². The second kappa shape index (κ2) is 62.5. The standard InChI is InChI=1S/C68H125O11P/c1-4-7-10-13-16-19-22-25-28-31-32-35-38-41-44-47-50-53-56-59-68(72)79-65(61-75-66(70)57-54-51-48-45-42-39-36-33-29-26-23-20-17-14-11-8-5-2)63-77-80(73,74)76-62-64(60-69)78-67(71)58-55-52-49-46-43-40-37-34-30-27-24-21-18-15-12-9-6-3/h17,20,25-30,64-65,69H,4-16,18-19,21-24,31-63H2,1-3H3,(H,73,74)/b20-17-,28-25-,29-26-,30-27-. The topological polar surface area (TPSA) is 155 Å². The summed E-state index contributed by atoms with van der Waals surface area (Å²) in [7, 11) is -4.76. The molecule has 80 heavy (non-hydrogen) atoms. The first-order valence-corrected chi connectivity index (χ1v) is 35.0. The third-order valence-corrected chi connectivity index (χ3v) is 15.6. The third-order valence-electron chi connectivity index (χ3n) is 14.7. The largest absolute Gasteiger partial charge is 0.472 e. The molecule has 2 N–H and O–H groups in total. The number of esters is 3. The summed E-state index contributed by atoms with van der Waals surface area (Å²) in [5.74, 6) is -1.46. The molecular formula is C68H125O11P. The van der Waals surface area contributed by atoms with E-state index >= 15 is 0 Å². The molecule has 0 spiro atoms. The van der Waals surface area contributed by atoms with Crippen LogP contribution in [0.25, 0.3) is 0 Å². The third kappa shape index (κ3) is 60.0. The van der Waals surface area contributed by atoms with Crippen molar-refractivity contribution in [1.29, 1.82) is 0 Å². The van der Waals surface area contributed by atoms with E-state index in [-0.39, 0.29) is 25.9 Å². The quantitative estimate of drug-likeness (QED) is 0.0197. The van der Waals surface area contributed by atoms with Crippen LogP contribution in [0.3, 0.4) is 0 Å². The van der Waals surface area contributed by atoms with Crippen LogP contribution in [0.4, 0.5) is 0 Å². The molecule has 0 aromatic heterocycles. The number of allylic oxidation sites excluding steroid dienone is 8. The van der Waals surface area contributed by atoms with Crippen molar-refractivity contribution in [3.8, 4) is 0 Å². The van der Waals surface area contributed by atoms with Crippen molar-refractivity contribution >= 4 is 25.7 Å². The minimum atomic E-state index is -4.76. The van der Waals surface area contributed by atoms with Crippen LogP contribution in [0, 0.1) is 0 Å². The molecule has 0 saturated carbocycles. The lowest BCUT2D eigenvalue weighted by molar-refractivity contribution is -0.161. The normalized spacial score (nSPS) is 13.5. The Labute approximate surface area is 492 Å². The Morgan fingerprint density at radius 3 is 0.963 bits per heavy atom. The fraction of sp³-hybridized carbons (Fsp3) is 0.838. The highest BCUT2D eigenvalue weighted by atomic mass is 31.2. The van der Waals surface area contributed by atoms with E-state index < -0.39 is 57.8 Å². The Morgan fingerprint density at radius 1 is 0.350 bits per heavy atom. The van der Waals surface area contributed by atoms with Gasteiger partial charge in [-0.3, -0.25) is 23.4 Å². The molecule has 0 rings (SSSR count). The number of ether oxygens (including phenoxy) is 3. The first kappa shape index (κ1) is 77.4. The van der Waals surface area contributed by atoms with Gasteiger partial charge in [0.2, 0.25) is 0 Å². The van der Waals surface area contributed by atoms with Gasteiger partial charge in [0.05, 0.1) is 19.8 Å². The number of rotatable bonds is 63. The summed E-state index contributed by atoms with van der Waals surface area (Å²) in [5, 5.41) is 9.86. The number of aliphatic hydroxyl groups excluding tert-OH is 1. The van der Waals surface area contributed by atoms with Crippen molar-refractivity contribution in [1.82, 2.24) is 0 Å². The van der Waals surface area contributed by atoms with Gasteiger partial charge >= 0.3 is 25.7 Å². The molecule has 0 heterocycles. The monoisotopic (exact) mass is 1150 g/mol. The Morgan fingerprint density at radius 2 is 0.613 bits per heavy atom. The number of hydrogen-bond donors (Lipinski definition) is 2. The number of phosphoric ester groups is 1. The molecule has 0 saturated heterocycles. The fourth-order valence-corrected chi connectivity index (χ4v) is 10.3. The molecule has 0 aromatic rings. The van der Waals surface area contributed by atoms with Crippen LogP contribution >= 0.6 is 7.82 Å². The second-order valence-electron chi connectivity index (χ2n) is 22.6. The van der Waals surface area contributed by atoms with Gasteiger partial charge in [0.1, 0.15) is 12.7 Å². The van der Waals surface area contributed by atoms with E-state index in [1.54, 1.807) is 0 Å². The minimum absolute atomic E-state index is 0.165. The molecule has 3 atom stereocenters. The van der Waals surface area contributed by atoms with E-state index in [1.807, 2.05) is 0 Å². The number of aliphatic hydroxyl groups is 1. The van der Waals surface area contributed by atoms with Crippen LogP contribution < -0.4 is 0 Å². The van der Waals surface area contributed by atoms with Crippen LogP contribution in [0.5, 0.6) is 0 Å². The van der Waals surface area contributed by atoms with Gasteiger partial charge in [-0.15, -0.1) is 0 Å². The molecule has 0 aromatic carbocycles. The molecule has 0 amide bonds. The summed E-state index contributed by atoms with van der Waals surface area (Å²) < 4.78 is 39.7. The lowest BCUT2D eigenvalue weighted by Crippen LogP contribution is -2.30. The zero-order valence-corrected chi connectivity index (χ0v) is 53.0. The van der Waals surface area contributed by atoms with Crippen LogP contribution in [-0.2, 0) is 42.2 Å². The SMILES string of the molecule is CCCCC/C=C\C/C=C\CCCCCCCCCC(=O)OCC(COP(=O)(O)OCC(CO)OC(=O)CCCCCCCCC/C=C\CCCCCCCC)OC(=O)CCCCCCCCCCC/C=C\CCCCCCCC. The number of phosphoric acid groups is 1. The van der Waals surface area contributed by atoms with Crippen molar-refractivity contribution in [2.75, 3.05) is 26.4 Å². The molecule has 0 fully saturated rings. The fourth-order valence-electron chi connectivity index (χ4n) is 9.55. The van der Waals surface area contributed by atoms with E-state index in [2.05, 4.69) is 69.4 Å². The molecular weight excluding hydrogens is 1020 g/mol. The average molecular weight is 1150 g/mol. The highest BCUT2D eigenvalue weighted by Gasteiger charge is 2.28. The zero-order valence-electron chi connectivity index (χ0n) is 52.1. The van der Waals surface area contributed by atoms with E-state index in [0.29, 0.717) is 19.3 Å². The summed E-state index contributed by atoms with van der Waals surface area (Å²) in [6.07, 6.45) is 69.1. The van der Waals surface area contributed by atoms with Crippen LogP contribution in [-0.4, -0.2) is 66.5 Å². The lowest BCUT2D eigenvalue weighted by atomic mass is 10.1. The van der Waals surface area contributed by atoms with E-state index in [1.165, 1.54) is 193 Å². The zero-order chi connectivity index (χ0) is 58.3. The van der Waals surface area contributed by atoms with E-state index in [0.717, 1.165) is 77.0 Å². The lowest BCUT2D eigenvalue weighted by Gasteiger charge is -2.21. The molecule has 0 aliphatic carbocycles. The molecule has 12 heteroatoms. The van der Waals surface area contributed by atoms with Crippen molar-refractivity contribution in [3.05, 3.63) is 48.6 Å². The van der Waals surface area contributed by atoms with Gasteiger partial charge in [-0.05, 0) is 103 Å². The maximum Gasteiger partial charge on any atom is 0.472 e. The average Bonchev–Trinajstić information content (AvgIpc) is 3.45. The molecule has 3 unspecified atom stereocenters. The van der Waals surface area contributed by atoms with Crippen molar-refractivity contribution in [3.63, 3.8) is 0 Å². The predicted octanol–water partition coefficient (Wildman–Crippen LogP) is 20.5. The van der Waals surface area contributed by atoms with Gasteiger partial charge in [-0.2, -0.15) is 0 Å². The number of unbranched alkanes of at least 4 members (excludes halogenated alkanes) is 38. The molecule has 0 bridgehead atoms. The van der Waals surface area contributed by atoms with Gasteiger partial charge in [-0.25, -0.2) is 4.57 Å². The predicted molar refractivity (Wildman–Crippen MR) is 335 cm³/mol. The van der Waals surface area contributed by atoms with E-state index in [4.69, 9.17) is 23.3 Å². The Hall–Kier alpha value is -2.56. The maximum absolute atomic E-state index is 13.0. The molecule has 468 valence electrons. The summed E-state index contributed by atoms with van der Waals surface area (Å²) in [6, 6.07) is 0. The summed E-state index contributed by atoms with van der Waals surface area (Å²) >= 11 is 0. The Balaban J connectivity index is 4.68. The van der Waals surface area contributed by atoms with Gasteiger partial charge < -0.3 is 24.2 Å². The van der Waals surface area contributed by atoms with Gasteiger partial charge in [0.15, 0.2) is 6.10 Å². The van der Waals surface area contributed by atoms with Crippen molar-refractivity contribution in [2.45, 2.75) is 341 Å². The Bertz CT molecular complexity index is 1530. The number of hydrogen-bond acceptors (Lipinski definition) is 10. The highest BCUT2D eigenvalue weighted by Crippen LogP contribution is 2.43. The highest BCUT2D eigenvalue weighted by molar-refractivity contribution is 7.47. The number of carbonyl (C=O) groups excluding carboxylic acids is 3. The van der Waals surface area contributed by atoms with Gasteiger partial charge in [0.25, 0.3) is 0 Å². The first-order valence-electron chi connectivity index (χ1n) is 33.5. The van der Waals surface area contributed by atoms with Crippen LogP contribution in [0.15, 0.2) is 48.6 Å². The summed E-state index contributed by atoms with van der Waals surface area (Å²) in [4.78, 5) is 48.8. The molecule has 0 aliphatic heterocycles. The number of carbonyl (C=O) groups is 3. The van der Waals surface area contributed by atoms with Gasteiger partial charge in [0, 0.05) is 19.3 Å². The maximum atomic E-state index is 13.0. The van der Waals surface area contributed by atoms with Crippen molar-refractivity contribution < 1.29 is 52.2 Å². The van der Waals surface area contributed by atoms with Crippen LogP contribution in [0.1, 0.15) is 329 Å². The van der Waals surface area contributed by atoms with Gasteiger partial charge in [-0.1, -0.05) is 256 Å². The smallest absolute Gasteiger partial charge is 0.462 e. The molecule has 11 nitrogen and oxygen atoms in total. The van der Waals surface area contributed by atoms with Crippen LogP contribution in [0.2, 0.25) is 0 Å². The van der Waals surface area contributed by atoms with Crippen molar-refractivity contribution in [2.24, 2.45) is 0 Å². The summed E-state index contributed by atoms with van der Waals surface area (Å²) in [6.45, 7) is 4.66. The Kier molecular flexibility index (Phi) is 60.5. The first-order chi connectivity index (χ1) is 39.2. The molecule has 0 aliphatic rings. The molecule has 0 radical (unpaired) electrons. The summed E-state index contributed by atoms with van der Waals surface area (Å²) in [5.41, 5.74) is 0. The minimum Gasteiger partial charge on any atom is -0.462 e.